The summed E-state index contributed by atoms with van der Waals surface area (Å²) in [6.07, 6.45) is 3.18. The van der Waals surface area contributed by atoms with Gasteiger partial charge in [0.1, 0.15) is 6.04 Å². The van der Waals surface area contributed by atoms with E-state index in [1.165, 1.54) is 12.8 Å². The molecule has 3 aromatic heterocycles. The Bertz CT molecular complexity index is 1010. The molecule has 1 saturated carbocycles. The van der Waals surface area contributed by atoms with E-state index in [-0.39, 0.29) is 11.9 Å². The van der Waals surface area contributed by atoms with Gasteiger partial charge in [-0.15, -0.1) is 11.3 Å². The van der Waals surface area contributed by atoms with Crippen molar-refractivity contribution < 1.29 is 4.79 Å². The number of hydrogen-bond acceptors (Lipinski definition) is 7. The topological polar surface area (TPSA) is 113 Å². The molecule has 3 aromatic rings. The summed E-state index contributed by atoms with van der Waals surface area (Å²) in [4.78, 5) is 23.9. The van der Waals surface area contributed by atoms with Crippen molar-refractivity contribution in [1.82, 2.24) is 20.2 Å². The third kappa shape index (κ3) is 2.59. The fraction of sp³-hybridized carbons (Fsp3) is 0.412. The van der Waals surface area contributed by atoms with E-state index in [2.05, 4.69) is 25.5 Å². The number of thiophene rings is 1. The van der Waals surface area contributed by atoms with Crippen LogP contribution in [0.3, 0.4) is 0 Å². The summed E-state index contributed by atoms with van der Waals surface area (Å²) < 4.78 is 0.985. The lowest BCUT2D eigenvalue weighted by Crippen LogP contribution is -2.55. The van der Waals surface area contributed by atoms with Gasteiger partial charge in [-0.05, 0) is 32.3 Å². The Morgan fingerprint density at radius 1 is 1.35 bits per heavy atom. The van der Waals surface area contributed by atoms with Gasteiger partial charge in [0.2, 0.25) is 11.9 Å². The summed E-state index contributed by atoms with van der Waals surface area (Å²) in [5, 5.41) is 10.8. The third-order valence-electron chi connectivity index (χ3n) is 4.95. The lowest BCUT2D eigenvalue weighted by Gasteiger charge is -2.38. The number of nitrogens with two attached hydrogens (primary N) is 1. The van der Waals surface area contributed by atoms with Crippen LogP contribution in [0.1, 0.15) is 35.8 Å². The number of carbonyl (C=O) groups excluding carboxylic acids is 1. The maximum absolute atomic E-state index is 11.6. The zero-order valence-electron chi connectivity index (χ0n) is 14.3. The van der Waals surface area contributed by atoms with Gasteiger partial charge in [0.25, 0.3) is 0 Å². The molecule has 4 N–H and O–H groups in total. The largest absolute Gasteiger partial charge is 0.368 e. The van der Waals surface area contributed by atoms with E-state index in [4.69, 9.17) is 5.73 Å². The second kappa shape index (κ2) is 5.66. The molecule has 1 saturated heterocycles. The average Bonchev–Trinajstić information content (AvgIpc) is 3.17. The van der Waals surface area contributed by atoms with Gasteiger partial charge in [0.15, 0.2) is 11.6 Å². The number of amides is 1. The lowest BCUT2D eigenvalue weighted by molar-refractivity contribution is -0.120. The molecule has 26 heavy (non-hydrogen) atoms. The number of rotatable bonds is 5. The van der Waals surface area contributed by atoms with E-state index in [1.807, 2.05) is 24.0 Å². The number of nitrogens with one attached hydrogen (secondary N) is 2. The summed E-state index contributed by atoms with van der Waals surface area (Å²) in [5.74, 6) is 2.27. The van der Waals surface area contributed by atoms with E-state index >= 15 is 0 Å². The Morgan fingerprint density at radius 3 is 2.88 bits per heavy atom. The van der Waals surface area contributed by atoms with Crippen LogP contribution in [0.15, 0.2) is 12.1 Å². The van der Waals surface area contributed by atoms with Crippen molar-refractivity contribution in [3.8, 4) is 0 Å². The van der Waals surface area contributed by atoms with Gasteiger partial charge in [-0.1, -0.05) is 0 Å². The average molecular weight is 369 g/mol. The molecule has 2 aliphatic rings. The number of aromatic amines is 1. The molecule has 0 bridgehead atoms. The number of H-pyrrole nitrogens is 1. The van der Waals surface area contributed by atoms with Crippen LogP contribution in [0.4, 0.5) is 17.6 Å². The van der Waals surface area contributed by atoms with Crippen LogP contribution in [0.25, 0.3) is 10.2 Å². The lowest BCUT2D eigenvalue weighted by atomic mass is 10.0. The van der Waals surface area contributed by atoms with Crippen molar-refractivity contribution >= 4 is 45.0 Å². The van der Waals surface area contributed by atoms with Crippen molar-refractivity contribution in [3.63, 3.8) is 0 Å². The minimum atomic E-state index is -0.336. The van der Waals surface area contributed by atoms with E-state index in [0.717, 1.165) is 39.6 Å². The van der Waals surface area contributed by atoms with E-state index in [1.54, 1.807) is 11.3 Å². The maximum Gasteiger partial charge on any atom is 0.240 e. The van der Waals surface area contributed by atoms with Crippen LogP contribution in [0.5, 0.6) is 0 Å². The second-order valence-corrected chi connectivity index (χ2v) is 8.21. The number of carbonyl (C=O) groups is 1. The number of primary amides is 1. The molecule has 1 amide bonds. The number of aryl methyl sites for hydroxylation is 1. The summed E-state index contributed by atoms with van der Waals surface area (Å²) >= 11 is 1.64. The Morgan fingerprint density at radius 2 is 2.19 bits per heavy atom. The first-order valence-electron chi connectivity index (χ1n) is 8.75. The van der Waals surface area contributed by atoms with Crippen molar-refractivity contribution in [1.29, 1.82) is 0 Å². The first kappa shape index (κ1) is 15.6. The van der Waals surface area contributed by atoms with Crippen molar-refractivity contribution in [2.75, 3.05) is 16.8 Å². The molecule has 2 fully saturated rings. The molecule has 1 aliphatic heterocycles. The van der Waals surface area contributed by atoms with Crippen molar-refractivity contribution in [3.05, 3.63) is 22.7 Å². The molecule has 5 rings (SSSR count). The van der Waals surface area contributed by atoms with Gasteiger partial charge in [0.05, 0.1) is 10.2 Å². The Labute approximate surface area is 153 Å². The fourth-order valence-corrected chi connectivity index (χ4v) is 4.19. The van der Waals surface area contributed by atoms with Crippen LogP contribution in [0, 0.1) is 6.92 Å². The molecule has 1 atom stereocenters. The number of hydrogen-bond donors (Lipinski definition) is 3. The summed E-state index contributed by atoms with van der Waals surface area (Å²) in [7, 11) is 0. The van der Waals surface area contributed by atoms with E-state index in [0.29, 0.717) is 17.7 Å². The Balaban J connectivity index is 1.52. The highest BCUT2D eigenvalue weighted by Crippen LogP contribution is 2.40. The van der Waals surface area contributed by atoms with Gasteiger partial charge < -0.3 is 16.0 Å². The van der Waals surface area contributed by atoms with E-state index in [9.17, 15) is 4.79 Å². The summed E-state index contributed by atoms with van der Waals surface area (Å²) in [6, 6.07) is 3.75. The normalized spacial score (nSPS) is 19.6. The van der Waals surface area contributed by atoms with Crippen LogP contribution in [0.2, 0.25) is 0 Å². The highest BCUT2D eigenvalue weighted by molar-refractivity contribution is 7.19. The van der Waals surface area contributed by atoms with Gasteiger partial charge in [-0.2, -0.15) is 10.1 Å². The first-order chi connectivity index (χ1) is 12.6. The van der Waals surface area contributed by atoms with Crippen LogP contribution >= 0.6 is 11.3 Å². The van der Waals surface area contributed by atoms with Crippen molar-refractivity contribution in [2.45, 2.75) is 38.1 Å². The molecule has 9 heteroatoms. The number of fused-ring (bicyclic) bond motifs is 1. The molecule has 4 heterocycles. The van der Waals surface area contributed by atoms with Crippen LogP contribution in [-0.4, -0.2) is 38.7 Å². The predicted molar refractivity (Wildman–Crippen MR) is 101 cm³/mol. The van der Waals surface area contributed by atoms with Crippen LogP contribution < -0.4 is 16.0 Å². The molecular formula is C17H19N7OS. The molecule has 1 aliphatic carbocycles. The quantitative estimate of drug-likeness (QED) is 0.636. The number of anilines is 3. The standard InChI is InChI=1S/C17H19N7OS/c1-8-6-11-14(26-8)16(20-13-7-10(22-23-13)9-2-3-9)21-17(19-11)24-5-4-12(24)15(18)25/h6-7,9,12H,2-5H2,1H3,(H2,18,25)(H2,19,20,21,22,23)/t12-/m0/s1. The monoisotopic (exact) mass is 369 g/mol. The SMILES string of the molecule is Cc1cc2nc(N3CC[C@H]3C(N)=O)nc(Nc3cc(C4CC4)[nH]n3)c2s1. The van der Waals surface area contributed by atoms with Gasteiger partial charge in [0, 0.05) is 29.1 Å². The highest BCUT2D eigenvalue weighted by atomic mass is 32.1. The van der Waals surface area contributed by atoms with Gasteiger partial charge >= 0.3 is 0 Å². The first-order valence-corrected chi connectivity index (χ1v) is 9.56. The Hall–Kier alpha value is -2.68. The number of aromatic nitrogens is 4. The van der Waals surface area contributed by atoms with Crippen molar-refractivity contribution in [2.24, 2.45) is 5.73 Å². The fourth-order valence-electron chi connectivity index (χ4n) is 3.30. The number of nitrogens with zero attached hydrogens (tertiary/aromatic N) is 4. The molecule has 134 valence electrons. The maximum atomic E-state index is 11.6. The molecule has 0 aromatic carbocycles. The molecular weight excluding hydrogens is 350 g/mol. The molecule has 0 radical (unpaired) electrons. The minimum Gasteiger partial charge on any atom is -0.368 e. The highest BCUT2D eigenvalue weighted by Gasteiger charge is 2.35. The third-order valence-corrected chi connectivity index (χ3v) is 6.00. The smallest absolute Gasteiger partial charge is 0.240 e. The van der Waals surface area contributed by atoms with E-state index < -0.39 is 0 Å². The summed E-state index contributed by atoms with van der Waals surface area (Å²) in [5.41, 5.74) is 7.51. The molecule has 0 unspecified atom stereocenters. The minimum absolute atomic E-state index is 0.327. The molecule has 0 spiro atoms. The Kier molecular flexibility index (Phi) is 3.39. The second-order valence-electron chi connectivity index (χ2n) is 6.95. The van der Waals surface area contributed by atoms with Crippen LogP contribution in [-0.2, 0) is 4.79 Å². The summed E-state index contributed by atoms with van der Waals surface area (Å²) in [6.45, 7) is 2.78. The van der Waals surface area contributed by atoms with Gasteiger partial charge in [-0.3, -0.25) is 9.89 Å². The zero-order valence-corrected chi connectivity index (χ0v) is 15.1. The molecule has 8 nitrogen and oxygen atoms in total. The zero-order chi connectivity index (χ0) is 17.8. The van der Waals surface area contributed by atoms with Gasteiger partial charge in [-0.25, -0.2) is 4.98 Å². The predicted octanol–water partition coefficient (Wildman–Crippen LogP) is 2.41.